The number of esters is 1. The van der Waals surface area contributed by atoms with E-state index in [-0.39, 0.29) is 17.9 Å². The third-order valence-corrected chi connectivity index (χ3v) is 6.30. The van der Waals surface area contributed by atoms with Gasteiger partial charge in [-0.25, -0.2) is 9.97 Å². The number of benzene rings is 1. The third-order valence-electron chi connectivity index (χ3n) is 6.30. The first-order chi connectivity index (χ1) is 16.1. The van der Waals surface area contributed by atoms with Crippen molar-refractivity contribution in [2.75, 3.05) is 7.11 Å². The minimum atomic E-state index is -0.122. The third kappa shape index (κ3) is 4.41. The molecule has 33 heavy (non-hydrogen) atoms. The Morgan fingerprint density at radius 2 is 1.70 bits per heavy atom. The fraction of sp³-hybridized carbons (Fsp3) is 0.320. The normalized spacial score (nSPS) is 18.2. The Labute approximate surface area is 192 Å². The van der Waals surface area contributed by atoms with Crippen molar-refractivity contribution >= 4 is 5.97 Å². The van der Waals surface area contributed by atoms with Gasteiger partial charge in [0.2, 0.25) is 0 Å². The monoisotopic (exact) mass is 442 g/mol. The molecule has 2 atom stereocenters. The Morgan fingerprint density at radius 3 is 2.45 bits per heavy atom. The Morgan fingerprint density at radius 1 is 0.939 bits per heavy atom. The summed E-state index contributed by atoms with van der Waals surface area (Å²) in [6.07, 6.45) is 15.0. The first kappa shape index (κ1) is 21.1. The molecular weight excluding hydrogens is 416 g/mol. The molecule has 8 nitrogen and oxygen atoms in total. The molecule has 0 aliphatic heterocycles. The SMILES string of the molecule is COC(=O)C1CCCC(n2cc(-c3cnc(-c4cccc(-c5cnn(C)c5)c4)nc3)cn2)C1. The molecular formula is C25H26N6O2. The van der Waals surface area contributed by atoms with Crippen LogP contribution in [0.2, 0.25) is 0 Å². The zero-order valence-corrected chi connectivity index (χ0v) is 18.8. The van der Waals surface area contributed by atoms with Gasteiger partial charge in [0, 0.05) is 54.1 Å². The Bertz CT molecular complexity index is 1260. The summed E-state index contributed by atoms with van der Waals surface area (Å²) in [5.41, 5.74) is 4.96. The molecule has 168 valence electrons. The minimum Gasteiger partial charge on any atom is -0.469 e. The lowest BCUT2D eigenvalue weighted by Gasteiger charge is -2.27. The van der Waals surface area contributed by atoms with E-state index in [1.54, 1.807) is 4.68 Å². The van der Waals surface area contributed by atoms with E-state index in [0.717, 1.165) is 53.5 Å². The summed E-state index contributed by atoms with van der Waals surface area (Å²) in [4.78, 5) is 21.2. The Kier molecular flexibility index (Phi) is 5.73. The highest BCUT2D eigenvalue weighted by Gasteiger charge is 2.29. The number of nitrogens with zero attached hydrogens (tertiary/aromatic N) is 6. The molecule has 1 saturated carbocycles. The van der Waals surface area contributed by atoms with Gasteiger partial charge in [-0.2, -0.15) is 10.2 Å². The quantitative estimate of drug-likeness (QED) is 0.428. The number of carbonyl (C=O) groups excluding carboxylic acids is 1. The summed E-state index contributed by atoms with van der Waals surface area (Å²) in [6, 6.07) is 8.34. The molecule has 1 aliphatic rings. The van der Waals surface area contributed by atoms with E-state index in [1.807, 2.05) is 61.0 Å². The van der Waals surface area contributed by atoms with E-state index in [4.69, 9.17) is 4.74 Å². The van der Waals surface area contributed by atoms with Gasteiger partial charge in [-0.3, -0.25) is 14.2 Å². The second-order valence-corrected chi connectivity index (χ2v) is 8.53. The molecule has 1 fully saturated rings. The molecule has 3 aromatic heterocycles. The van der Waals surface area contributed by atoms with Crippen LogP contribution in [0.4, 0.5) is 0 Å². The molecule has 0 bridgehead atoms. The maximum absolute atomic E-state index is 11.9. The van der Waals surface area contributed by atoms with Gasteiger partial charge in [0.25, 0.3) is 0 Å². The lowest BCUT2D eigenvalue weighted by Crippen LogP contribution is -2.26. The molecule has 4 aromatic rings. The van der Waals surface area contributed by atoms with E-state index in [0.29, 0.717) is 5.82 Å². The van der Waals surface area contributed by atoms with Gasteiger partial charge >= 0.3 is 5.97 Å². The number of ether oxygens (including phenoxy) is 1. The molecule has 0 spiro atoms. The lowest BCUT2D eigenvalue weighted by atomic mass is 9.86. The maximum Gasteiger partial charge on any atom is 0.308 e. The van der Waals surface area contributed by atoms with Crippen LogP contribution >= 0.6 is 0 Å². The van der Waals surface area contributed by atoms with Crippen molar-refractivity contribution in [3.8, 4) is 33.6 Å². The number of methoxy groups -OCH3 is 1. The van der Waals surface area contributed by atoms with Crippen LogP contribution in [-0.4, -0.2) is 42.6 Å². The molecule has 5 rings (SSSR count). The minimum absolute atomic E-state index is 0.0496. The molecule has 0 amide bonds. The van der Waals surface area contributed by atoms with Crippen molar-refractivity contribution in [1.82, 2.24) is 29.5 Å². The Balaban J connectivity index is 1.33. The standard InChI is InChI=1S/C25H26N6O2/c1-30-15-21(13-28-30)17-5-3-6-18(9-17)24-26-11-20(12-27-24)22-14-29-31(16-22)23-8-4-7-19(10-23)25(32)33-2/h3,5-6,9,11-16,19,23H,4,7-8,10H2,1-2H3. The van der Waals surface area contributed by atoms with Gasteiger partial charge in [-0.05, 0) is 30.9 Å². The number of hydrogen-bond donors (Lipinski definition) is 0. The van der Waals surface area contributed by atoms with Crippen LogP contribution in [0.3, 0.4) is 0 Å². The largest absolute Gasteiger partial charge is 0.469 e. The van der Waals surface area contributed by atoms with Crippen LogP contribution < -0.4 is 0 Å². The van der Waals surface area contributed by atoms with Crippen LogP contribution in [0, 0.1) is 5.92 Å². The molecule has 0 N–H and O–H groups in total. The van der Waals surface area contributed by atoms with Crippen molar-refractivity contribution in [3.63, 3.8) is 0 Å². The molecule has 0 saturated heterocycles. The van der Waals surface area contributed by atoms with E-state index < -0.39 is 0 Å². The maximum atomic E-state index is 11.9. The summed E-state index contributed by atoms with van der Waals surface area (Å²) >= 11 is 0. The topological polar surface area (TPSA) is 87.7 Å². The van der Waals surface area contributed by atoms with Crippen molar-refractivity contribution < 1.29 is 9.53 Å². The highest BCUT2D eigenvalue weighted by Crippen LogP contribution is 2.34. The number of aromatic nitrogens is 6. The number of aryl methyl sites for hydroxylation is 1. The summed E-state index contributed by atoms with van der Waals surface area (Å²) in [7, 11) is 3.36. The highest BCUT2D eigenvalue weighted by atomic mass is 16.5. The second kappa shape index (κ2) is 8.97. The average molecular weight is 443 g/mol. The van der Waals surface area contributed by atoms with Crippen molar-refractivity contribution in [3.05, 3.63) is 61.4 Å². The second-order valence-electron chi connectivity index (χ2n) is 8.53. The molecule has 2 unspecified atom stereocenters. The van der Waals surface area contributed by atoms with Crippen LogP contribution in [0.15, 0.2) is 61.4 Å². The van der Waals surface area contributed by atoms with Gasteiger partial charge in [0.1, 0.15) is 0 Å². The van der Waals surface area contributed by atoms with Gasteiger partial charge in [-0.1, -0.05) is 24.6 Å². The van der Waals surface area contributed by atoms with E-state index in [9.17, 15) is 4.79 Å². The van der Waals surface area contributed by atoms with E-state index in [2.05, 4.69) is 32.3 Å². The van der Waals surface area contributed by atoms with E-state index >= 15 is 0 Å². The summed E-state index contributed by atoms with van der Waals surface area (Å²) in [5, 5.41) is 8.81. The zero-order chi connectivity index (χ0) is 22.8. The fourth-order valence-electron chi connectivity index (χ4n) is 4.51. The van der Waals surface area contributed by atoms with Crippen LogP contribution in [0.1, 0.15) is 31.7 Å². The van der Waals surface area contributed by atoms with Crippen molar-refractivity contribution in [1.29, 1.82) is 0 Å². The lowest BCUT2D eigenvalue weighted by molar-refractivity contribution is -0.147. The first-order valence-electron chi connectivity index (χ1n) is 11.1. The summed E-state index contributed by atoms with van der Waals surface area (Å²) in [5.74, 6) is 0.500. The molecule has 0 radical (unpaired) electrons. The number of rotatable bonds is 5. The Hall–Kier alpha value is -3.81. The van der Waals surface area contributed by atoms with Gasteiger partial charge in [-0.15, -0.1) is 0 Å². The first-order valence-corrected chi connectivity index (χ1v) is 11.1. The predicted octanol–water partition coefficient (Wildman–Crippen LogP) is 4.31. The highest BCUT2D eigenvalue weighted by molar-refractivity contribution is 5.72. The number of hydrogen-bond acceptors (Lipinski definition) is 6. The molecule has 1 aliphatic carbocycles. The van der Waals surface area contributed by atoms with Crippen LogP contribution in [0.5, 0.6) is 0 Å². The summed E-state index contributed by atoms with van der Waals surface area (Å²) in [6.45, 7) is 0. The number of carbonyl (C=O) groups is 1. The average Bonchev–Trinajstić information content (AvgIpc) is 3.53. The van der Waals surface area contributed by atoms with Crippen LogP contribution in [-0.2, 0) is 16.6 Å². The smallest absolute Gasteiger partial charge is 0.308 e. The van der Waals surface area contributed by atoms with Crippen molar-refractivity contribution in [2.45, 2.75) is 31.7 Å². The van der Waals surface area contributed by atoms with Gasteiger partial charge in [0.05, 0.1) is 31.5 Å². The predicted molar refractivity (Wildman–Crippen MR) is 124 cm³/mol. The molecule has 3 heterocycles. The molecule has 8 heteroatoms. The van der Waals surface area contributed by atoms with E-state index in [1.165, 1.54) is 7.11 Å². The van der Waals surface area contributed by atoms with Gasteiger partial charge in [0.15, 0.2) is 5.82 Å². The fourth-order valence-corrected chi connectivity index (χ4v) is 4.51. The van der Waals surface area contributed by atoms with Crippen molar-refractivity contribution in [2.24, 2.45) is 13.0 Å². The molecule has 1 aromatic carbocycles. The summed E-state index contributed by atoms with van der Waals surface area (Å²) < 4.78 is 8.70. The van der Waals surface area contributed by atoms with Crippen LogP contribution in [0.25, 0.3) is 33.6 Å². The zero-order valence-electron chi connectivity index (χ0n) is 18.8. The van der Waals surface area contributed by atoms with Gasteiger partial charge < -0.3 is 4.74 Å².